The van der Waals surface area contributed by atoms with Crippen LogP contribution in [0.15, 0.2) is 23.1 Å². The third-order valence-electron chi connectivity index (χ3n) is 3.85. The second-order valence-corrected chi connectivity index (χ2v) is 7.52. The number of nitrogens with one attached hydrogen (secondary N) is 1. The van der Waals surface area contributed by atoms with Crippen LogP contribution in [0.5, 0.6) is 0 Å². The Kier molecular flexibility index (Phi) is 6.17. The molecular formula is C14H20ClFN2O3S. The summed E-state index contributed by atoms with van der Waals surface area (Å²) in [5.41, 5.74) is 0. The topological polar surface area (TPSA) is 69.6 Å². The van der Waals surface area contributed by atoms with E-state index in [1.807, 2.05) is 0 Å². The maximum Gasteiger partial charge on any atom is 0.240 e. The lowest BCUT2D eigenvalue weighted by molar-refractivity contribution is 0.0923. The van der Waals surface area contributed by atoms with Gasteiger partial charge < -0.3 is 5.11 Å². The van der Waals surface area contributed by atoms with Gasteiger partial charge in [-0.15, -0.1) is 0 Å². The molecule has 0 unspecified atom stereocenters. The molecule has 1 saturated heterocycles. The second-order valence-electron chi connectivity index (χ2n) is 5.34. The van der Waals surface area contributed by atoms with Crippen molar-refractivity contribution in [2.45, 2.75) is 30.2 Å². The molecule has 5 nitrogen and oxygen atoms in total. The molecular weight excluding hydrogens is 331 g/mol. The Balaban J connectivity index is 1.93. The van der Waals surface area contributed by atoms with Gasteiger partial charge in [-0.25, -0.2) is 17.5 Å². The minimum absolute atomic E-state index is 0.0590. The van der Waals surface area contributed by atoms with E-state index in [0.29, 0.717) is 6.54 Å². The van der Waals surface area contributed by atoms with Gasteiger partial charge in [-0.3, -0.25) is 4.90 Å². The van der Waals surface area contributed by atoms with Gasteiger partial charge in [-0.05, 0) is 37.6 Å². The smallest absolute Gasteiger partial charge is 0.240 e. The zero-order valence-electron chi connectivity index (χ0n) is 12.1. The van der Waals surface area contributed by atoms with Gasteiger partial charge in [0.25, 0.3) is 0 Å². The van der Waals surface area contributed by atoms with Crippen LogP contribution in [0.1, 0.15) is 19.3 Å². The molecule has 0 bridgehead atoms. The van der Waals surface area contributed by atoms with Gasteiger partial charge in [0.05, 0.1) is 16.5 Å². The van der Waals surface area contributed by atoms with E-state index in [4.69, 9.17) is 11.6 Å². The zero-order chi connectivity index (χ0) is 16.2. The van der Waals surface area contributed by atoms with Crippen LogP contribution in [0.4, 0.5) is 4.39 Å². The van der Waals surface area contributed by atoms with Crippen molar-refractivity contribution >= 4 is 21.6 Å². The summed E-state index contributed by atoms with van der Waals surface area (Å²) in [6, 6.07) is 3.40. The molecule has 1 fully saturated rings. The van der Waals surface area contributed by atoms with Crippen molar-refractivity contribution < 1.29 is 17.9 Å². The van der Waals surface area contributed by atoms with Crippen LogP contribution in [0.3, 0.4) is 0 Å². The molecule has 2 N–H and O–H groups in total. The third-order valence-corrected chi connectivity index (χ3v) is 5.60. The molecule has 0 radical (unpaired) electrons. The van der Waals surface area contributed by atoms with Gasteiger partial charge in [0.1, 0.15) is 5.82 Å². The molecule has 22 heavy (non-hydrogen) atoms. The molecule has 0 aliphatic carbocycles. The maximum absolute atomic E-state index is 13.1. The highest BCUT2D eigenvalue weighted by Crippen LogP contribution is 2.19. The van der Waals surface area contributed by atoms with Crippen molar-refractivity contribution in [1.82, 2.24) is 9.62 Å². The molecule has 124 valence electrons. The molecule has 1 atom stereocenters. The molecule has 1 aromatic rings. The summed E-state index contributed by atoms with van der Waals surface area (Å²) in [6.45, 7) is 1.70. The predicted molar refractivity (Wildman–Crippen MR) is 82.9 cm³/mol. The van der Waals surface area contributed by atoms with E-state index in [0.717, 1.165) is 37.9 Å². The third kappa shape index (κ3) is 4.39. The highest BCUT2D eigenvalue weighted by atomic mass is 35.5. The lowest BCUT2D eigenvalue weighted by Crippen LogP contribution is -2.45. The summed E-state index contributed by atoms with van der Waals surface area (Å²) < 4.78 is 39.8. The number of rotatable bonds is 6. The summed E-state index contributed by atoms with van der Waals surface area (Å²) in [5, 5.41) is 9.10. The van der Waals surface area contributed by atoms with Gasteiger partial charge in [-0.1, -0.05) is 18.0 Å². The number of halogens is 2. The average Bonchev–Trinajstić information content (AvgIpc) is 2.50. The molecule has 8 heteroatoms. The number of benzene rings is 1. The highest BCUT2D eigenvalue weighted by molar-refractivity contribution is 7.89. The number of sulfonamides is 1. The standard InChI is InChI=1S/C14H20ClFN2O3S/c15-13-9-12(4-5-14(13)16)22(20,21)17-6-8-18-7-2-1-3-11(18)10-19/h4-5,9,11,17,19H,1-3,6-8,10H2/t11-/m0/s1. The zero-order valence-corrected chi connectivity index (χ0v) is 13.7. The molecule has 1 aliphatic rings. The molecule has 1 heterocycles. The number of aliphatic hydroxyl groups excluding tert-OH is 1. The second kappa shape index (κ2) is 7.70. The number of piperidine rings is 1. The average molecular weight is 351 g/mol. The monoisotopic (exact) mass is 350 g/mol. The maximum atomic E-state index is 13.1. The largest absolute Gasteiger partial charge is 0.395 e. The van der Waals surface area contributed by atoms with Gasteiger partial charge in [0.2, 0.25) is 10.0 Å². The fraction of sp³-hybridized carbons (Fsp3) is 0.571. The Morgan fingerprint density at radius 3 is 2.86 bits per heavy atom. The first-order valence-corrected chi connectivity index (χ1v) is 9.10. The first kappa shape index (κ1) is 17.6. The highest BCUT2D eigenvalue weighted by Gasteiger charge is 2.22. The Morgan fingerprint density at radius 2 is 2.18 bits per heavy atom. The van der Waals surface area contributed by atoms with Crippen LogP contribution in [-0.2, 0) is 10.0 Å². The molecule has 0 saturated carbocycles. The molecule has 1 aliphatic heterocycles. The summed E-state index contributed by atoms with van der Waals surface area (Å²) >= 11 is 5.61. The Morgan fingerprint density at radius 1 is 1.41 bits per heavy atom. The lowest BCUT2D eigenvalue weighted by Gasteiger charge is -2.34. The quantitative estimate of drug-likeness (QED) is 0.817. The van der Waals surface area contributed by atoms with Crippen LogP contribution in [0.2, 0.25) is 5.02 Å². The van der Waals surface area contributed by atoms with E-state index in [-0.39, 0.29) is 29.1 Å². The molecule has 2 rings (SSSR count). The van der Waals surface area contributed by atoms with Crippen molar-refractivity contribution in [3.05, 3.63) is 29.0 Å². The Labute approximate surface area is 135 Å². The van der Waals surface area contributed by atoms with E-state index >= 15 is 0 Å². The SMILES string of the molecule is O=S(=O)(NCCN1CCCC[C@H]1CO)c1ccc(F)c(Cl)c1. The summed E-state index contributed by atoms with van der Waals surface area (Å²) in [4.78, 5) is 2.03. The summed E-state index contributed by atoms with van der Waals surface area (Å²) in [7, 11) is -3.71. The molecule has 0 amide bonds. The van der Waals surface area contributed by atoms with Gasteiger partial charge >= 0.3 is 0 Å². The number of likely N-dealkylation sites (tertiary alicyclic amines) is 1. The molecule has 0 spiro atoms. The van der Waals surface area contributed by atoms with Gasteiger partial charge in [-0.2, -0.15) is 0 Å². The van der Waals surface area contributed by atoms with Crippen molar-refractivity contribution in [1.29, 1.82) is 0 Å². The Bertz CT molecular complexity index is 612. The van der Waals surface area contributed by atoms with Crippen LogP contribution in [0.25, 0.3) is 0 Å². The normalized spacial score (nSPS) is 20.2. The first-order chi connectivity index (χ1) is 10.4. The van der Waals surface area contributed by atoms with Crippen LogP contribution < -0.4 is 4.72 Å². The molecule has 0 aromatic heterocycles. The molecule has 1 aromatic carbocycles. The fourth-order valence-corrected chi connectivity index (χ4v) is 3.90. The summed E-state index contributed by atoms with van der Waals surface area (Å²) in [5.74, 6) is -0.653. The predicted octanol–water partition coefficient (Wildman–Crippen LogP) is 1.60. The van der Waals surface area contributed by atoms with E-state index in [1.54, 1.807) is 0 Å². The minimum Gasteiger partial charge on any atom is -0.395 e. The number of hydrogen-bond acceptors (Lipinski definition) is 4. The fourth-order valence-electron chi connectivity index (χ4n) is 2.61. The summed E-state index contributed by atoms with van der Waals surface area (Å²) in [6.07, 6.45) is 3.06. The number of aliphatic hydroxyl groups is 1. The van der Waals surface area contributed by atoms with Crippen molar-refractivity contribution in [2.24, 2.45) is 0 Å². The number of hydrogen-bond donors (Lipinski definition) is 2. The van der Waals surface area contributed by atoms with E-state index in [9.17, 15) is 17.9 Å². The minimum atomic E-state index is -3.71. The number of nitrogens with zero attached hydrogens (tertiary/aromatic N) is 1. The first-order valence-electron chi connectivity index (χ1n) is 7.23. The van der Waals surface area contributed by atoms with Gasteiger partial charge in [0, 0.05) is 19.1 Å². The Hall–Kier alpha value is -0.730. The van der Waals surface area contributed by atoms with Crippen LogP contribution >= 0.6 is 11.6 Å². The van der Waals surface area contributed by atoms with Gasteiger partial charge in [0.15, 0.2) is 0 Å². The lowest BCUT2D eigenvalue weighted by atomic mass is 10.0. The van der Waals surface area contributed by atoms with Crippen molar-refractivity contribution in [2.75, 3.05) is 26.2 Å². The van der Waals surface area contributed by atoms with Crippen LogP contribution in [0, 0.1) is 5.82 Å². The van der Waals surface area contributed by atoms with Crippen molar-refractivity contribution in [3.63, 3.8) is 0 Å². The van der Waals surface area contributed by atoms with Crippen LogP contribution in [-0.4, -0.2) is 50.7 Å². The van der Waals surface area contributed by atoms with Crippen molar-refractivity contribution in [3.8, 4) is 0 Å². The van der Waals surface area contributed by atoms with E-state index in [1.165, 1.54) is 6.07 Å². The van der Waals surface area contributed by atoms with E-state index in [2.05, 4.69) is 9.62 Å². The van der Waals surface area contributed by atoms with E-state index < -0.39 is 15.8 Å².